The van der Waals surface area contributed by atoms with E-state index in [9.17, 15) is 0 Å². The lowest BCUT2D eigenvalue weighted by Gasteiger charge is -2.08. The minimum atomic E-state index is 0.695. The maximum absolute atomic E-state index is 4.43. The third kappa shape index (κ3) is 2.08. The Morgan fingerprint density at radius 2 is 2.06 bits per heavy atom. The molecule has 1 aliphatic rings. The van der Waals surface area contributed by atoms with Crippen LogP contribution in [-0.2, 0) is 19.5 Å². The summed E-state index contributed by atoms with van der Waals surface area (Å²) in [6.07, 6.45) is 4.25. The van der Waals surface area contributed by atoms with E-state index in [1.54, 1.807) is 0 Å². The van der Waals surface area contributed by atoms with Crippen LogP contribution in [0.25, 0.3) is 0 Å². The Bertz CT molecular complexity index is 553. The van der Waals surface area contributed by atoms with Crippen LogP contribution in [0, 0.1) is 13.8 Å². The molecule has 0 fully saturated rings. The van der Waals surface area contributed by atoms with Crippen molar-refractivity contribution in [1.29, 1.82) is 0 Å². The van der Waals surface area contributed by atoms with Gasteiger partial charge in [0, 0.05) is 24.4 Å². The number of aryl methyl sites for hydroxylation is 3. The molecule has 0 atom stereocenters. The highest BCUT2D eigenvalue weighted by Crippen LogP contribution is 2.16. The third-order valence-electron chi connectivity index (χ3n) is 3.21. The number of hydrogen-bond acceptors (Lipinski definition) is 4. The van der Waals surface area contributed by atoms with Crippen molar-refractivity contribution < 1.29 is 0 Å². The number of fused-ring (bicyclic) bond motifs is 1. The molecular formula is C13H17N5. The van der Waals surface area contributed by atoms with Gasteiger partial charge >= 0.3 is 0 Å². The summed E-state index contributed by atoms with van der Waals surface area (Å²) in [5.41, 5.74) is 3.19. The summed E-state index contributed by atoms with van der Waals surface area (Å²) in [5.74, 6) is 1.90. The number of aromatic nitrogens is 4. The van der Waals surface area contributed by atoms with E-state index >= 15 is 0 Å². The Morgan fingerprint density at radius 1 is 1.28 bits per heavy atom. The first-order chi connectivity index (χ1) is 8.72. The van der Waals surface area contributed by atoms with Gasteiger partial charge in [-0.15, -0.1) is 0 Å². The Labute approximate surface area is 106 Å². The summed E-state index contributed by atoms with van der Waals surface area (Å²) < 4.78 is 2.29. The van der Waals surface area contributed by atoms with Gasteiger partial charge in [-0.05, 0) is 26.3 Å². The first-order valence-electron chi connectivity index (χ1n) is 6.32. The fourth-order valence-corrected chi connectivity index (χ4v) is 2.44. The van der Waals surface area contributed by atoms with Crippen molar-refractivity contribution in [1.82, 2.24) is 19.5 Å². The molecular weight excluding hydrogens is 226 g/mol. The molecule has 1 N–H and O–H groups in total. The minimum absolute atomic E-state index is 0.695. The Balaban J connectivity index is 1.74. The average molecular weight is 243 g/mol. The zero-order valence-corrected chi connectivity index (χ0v) is 10.8. The second-order valence-electron chi connectivity index (χ2n) is 4.75. The predicted molar refractivity (Wildman–Crippen MR) is 69.4 cm³/mol. The molecule has 0 aliphatic carbocycles. The van der Waals surface area contributed by atoms with E-state index in [0.29, 0.717) is 5.95 Å². The van der Waals surface area contributed by atoms with Crippen LogP contribution < -0.4 is 5.32 Å². The lowest BCUT2D eigenvalue weighted by atomic mass is 10.3. The topological polar surface area (TPSA) is 55.6 Å². The van der Waals surface area contributed by atoms with Crippen LogP contribution >= 0.6 is 0 Å². The molecule has 1 aliphatic heterocycles. The van der Waals surface area contributed by atoms with Crippen LogP contribution in [0.4, 0.5) is 5.95 Å². The zero-order chi connectivity index (χ0) is 12.5. The van der Waals surface area contributed by atoms with Gasteiger partial charge in [0.1, 0.15) is 5.82 Å². The molecule has 18 heavy (non-hydrogen) atoms. The fraction of sp³-hybridized carbons (Fsp3) is 0.462. The molecule has 0 amide bonds. The number of anilines is 1. The smallest absolute Gasteiger partial charge is 0.223 e. The molecule has 3 rings (SSSR count). The lowest BCUT2D eigenvalue weighted by Crippen LogP contribution is -2.09. The number of nitrogens with zero attached hydrogens (tertiary/aromatic N) is 4. The lowest BCUT2D eigenvalue weighted by molar-refractivity contribution is 0.712. The molecule has 5 nitrogen and oxygen atoms in total. The van der Waals surface area contributed by atoms with Crippen molar-refractivity contribution in [3.8, 4) is 0 Å². The Hall–Kier alpha value is -1.91. The summed E-state index contributed by atoms with van der Waals surface area (Å²) in [4.78, 5) is 13.2. The van der Waals surface area contributed by atoms with Crippen molar-refractivity contribution in [2.24, 2.45) is 0 Å². The van der Waals surface area contributed by atoms with Gasteiger partial charge in [-0.3, -0.25) is 0 Å². The summed E-state index contributed by atoms with van der Waals surface area (Å²) in [5, 5.41) is 3.28. The van der Waals surface area contributed by atoms with Gasteiger partial charge in [-0.1, -0.05) is 0 Å². The quantitative estimate of drug-likeness (QED) is 0.893. The zero-order valence-electron chi connectivity index (χ0n) is 10.8. The van der Waals surface area contributed by atoms with Crippen LogP contribution in [0.3, 0.4) is 0 Å². The van der Waals surface area contributed by atoms with E-state index in [2.05, 4.69) is 24.8 Å². The number of nitrogens with one attached hydrogen (secondary N) is 1. The number of hydrogen-bond donors (Lipinski definition) is 1. The normalized spacial score (nSPS) is 13.7. The Kier molecular flexibility index (Phi) is 2.74. The maximum atomic E-state index is 4.43. The highest BCUT2D eigenvalue weighted by atomic mass is 15.1. The monoisotopic (exact) mass is 243 g/mol. The molecule has 0 spiro atoms. The van der Waals surface area contributed by atoms with Crippen molar-refractivity contribution in [3.63, 3.8) is 0 Å². The molecule has 0 saturated carbocycles. The predicted octanol–water partition coefficient (Wildman–Crippen LogP) is 1.85. The summed E-state index contributed by atoms with van der Waals surface area (Å²) in [6.45, 7) is 5.78. The first kappa shape index (κ1) is 11.2. The summed E-state index contributed by atoms with van der Waals surface area (Å²) in [6, 6.07) is 1.97. The van der Waals surface area contributed by atoms with Crippen molar-refractivity contribution in [2.45, 2.75) is 39.8 Å². The van der Waals surface area contributed by atoms with Crippen molar-refractivity contribution in [2.75, 3.05) is 5.32 Å². The van der Waals surface area contributed by atoms with Gasteiger partial charge in [0.05, 0.1) is 18.4 Å². The van der Waals surface area contributed by atoms with Gasteiger partial charge in [0.15, 0.2) is 0 Å². The van der Waals surface area contributed by atoms with Crippen molar-refractivity contribution >= 4 is 5.95 Å². The van der Waals surface area contributed by atoms with E-state index in [1.807, 2.05) is 26.1 Å². The third-order valence-corrected chi connectivity index (χ3v) is 3.21. The maximum Gasteiger partial charge on any atom is 0.223 e. The molecule has 0 saturated heterocycles. The van der Waals surface area contributed by atoms with Crippen LogP contribution in [0.5, 0.6) is 0 Å². The van der Waals surface area contributed by atoms with Gasteiger partial charge in [0.2, 0.25) is 5.95 Å². The highest BCUT2D eigenvalue weighted by Gasteiger charge is 2.15. The molecule has 2 aromatic rings. The largest absolute Gasteiger partial charge is 0.349 e. The molecule has 0 radical (unpaired) electrons. The summed E-state index contributed by atoms with van der Waals surface area (Å²) >= 11 is 0. The first-order valence-corrected chi connectivity index (χ1v) is 6.32. The van der Waals surface area contributed by atoms with Gasteiger partial charge < -0.3 is 9.88 Å². The summed E-state index contributed by atoms with van der Waals surface area (Å²) in [7, 11) is 0. The molecule has 0 aromatic carbocycles. The standard InChI is InChI=1S/C13H17N5/c1-9-6-10(2)17-13(16-9)15-8-11-7-14-12-4-3-5-18(11)12/h6-7H,3-5,8H2,1-2H3,(H,15,16,17). The highest BCUT2D eigenvalue weighted by molar-refractivity contribution is 5.28. The number of imidazole rings is 1. The molecule has 2 aromatic heterocycles. The average Bonchev–Trinajstić information content (AvgIpc) is 2.87. The Morgan fingerprint density at radius 3 is 2.83 bits per heavy atom. The number of rotatable bonds is 3. The second-order valence-corrected chi connectivity index (χ2v) is 4.75. The van der Waals surface area contributed by atoms with E-state index in [-0.39, 0.29) is 0 Å². The molecule has 94 valence electrons. The molecule has 0 unspecified atom stereocenters. The fourth-order valence-electron chi connectivity index (χ4n) is 2.44. The molecule has 3 heterocycles. The molecule has 5 heteroatoms. The van der Waals surface area contributed by atoms with Gasteiger partial charge in [-0.2, -0.15) is 0 Å². The van der Waals surface area contributed by atoms with E-state index < -0.39 is 0 Å². The minimum Gasteiger partial charge on any atom is -0.349 e. The van der Waals surface area contributed by atoms with Crippen LogP contribution in [-0.4, -0.2) is 19.5 Å². The van der Waals surface area contributed by atoms with E-state index in [4.69, 9.17) is 0 Å². The van der Waals surface area contributed by atoms with E-state index in [1.165, 1.54) is 17.9 Å². The van der Waals surface area contributed by atoms with Gasteiger partial charge in [0.25, 0.3) is 0 Å². The van der Waals surface area contributed by atoms with Crippen LogP contribution in [0.2, 0.25) is 0 Å². The van der Waals surface area contributed by atoms with Crippen molar-refractivity contribution in [3.05, 3.63) is 35.2 Å². The SMILES string of the molecule is Cc1cc(C)nc(NCc2cnc3n2CCC3)n1. The second kappa shape index (κ2) is 4.40. The van der Waals surface area contributed by atoms with Crippen LogP contribution in [0.1, 0.15) is 29.3 Å². The van der Waals surface area contributed by atoms with E-state index in [0.717, 1.165) is 30.9 Å². The molecule has 0 bridgehead atoms. The van der Waals surface area contributed by atoms with Crippen LogP contribution in [0.15, 0.2) is 12.3 Å². The van der Waals surface area contributed by atoms with Gasteiger partial charge in [-0.25, -0.2) is 15.0 Å².